The Morgan fingerprint density at radius 3 is 2.59 bits per heavy atom. The monoisotopic (exact) mass is 367 g/mol. The molecule has 7 heteroatoms. The number of anilines is 1. The van der Waals surface area contributed by atoms with Gasteiger partial charge in [0.2, 0.25) is 0 Å². The number of carbonyl (C=O) groups excluding carboxylic acids is 1. The van der Waals surface area contributed by atoms with E-state index in [2.05, 4.69) is 26.8 Å². The van der Waals surface area contributed by atoms with Gasteiger partial charge in [-0.25, -0.2) is 9.97 Å². The van der Waals surface area contributed by atoms with E-state index in [0.29, 0.717) is 30.0 Å². The van der Waals surface area contributed by atoms with Crippen LogP contribution in [-0.4, -0.2) is 63.7 Å². The van der Waals surface area contributed by atoms with Gasteiger partial charge >= 0.3 is 0 Å². The van der Waals surface area contributed by atoms with Gasteiger partial charge in [0, 0.05) is 55.6 Å². The summed E-state index contributed by atoms with van der Waals surface area (Å²) < 4.78 is 0. The van der Waals surface area contributed by atoms with Crippen LogP contribution in [0.25, 0.3) is 0 Å². The number of pyridine rings is 1. The molecule has 2 saturated heterocycles. The number of nitrogens with zero attached hydrogens (tertiary/aromatic N) is 5. The number of fused-ring (bicyclic) bond motifs is 1. The number of aliphatic hydroxyl groups excluding tert-OH is 1. The maximum atomic E-state index is 13.1. The average molecular weight is 367 g/mol. The largest absolute Gasteiger partial charge is 0.396 e. The summed E-state index contributed by atoms with van der Waals surface area (Å²) in [5, 5.41) is 10.2. The van der Waals surface area contributed by atoms with E-state index in [4.69, 9.17) is 0 Å². The van der Waals surface area contributed by atoms with Gasteiger partial charge in [0.05, 0.1) is 23.6 Å². The Morgan fingerprint density at radius 2 is 1.96 bits per heavy atom. The van der Waals surface area contributed by atoms with Crippen molar-refractivity contribution >= 4 is 11.6 Å². The normalized spacial score (nSPS) is 24.4. The van der Waals surface area contributed by atoms with Gasteiger partial charge in [-0.05, 0) is 32.4 Å². The molecule has 2 fully saturated rings. The molecule has 2 aromatic heterocycles. The second-order valence-corrected chi connectivity index (χ2v) is 7.87. The van der Waals surface area contributed by atoms with Crippen LogP contribution >= 0.6 is 0 Å². The minimum Gasteiger partial charge on any atom is -0.396 e. The number of hydrogen-bond donors (Lipinski definition) is 1. The lowest BCUT2D eigenvalue weighted by Gasteiger charge is -2.29. The van der Waals surface area contributed by atoms with Gasteiger partial charge in [0.25, 0.3) is 5.91 Å². The molecule has 0 aromatic carbocycles. The standard InChI is InChI=1S/C20H25N5O2/c1-13-6-21-5-4-17(13)24-7-16-8-25(10-20(16,9-24)11-26)19(27)18-14(2)22-12-23-15(18)3/h4-6,12,16,26H,7-11H2,1-3H3. The van der Waals surface area contributed by atoms with Crippen LogP contribution in [0.5, 0.6) is 0 Å². The van der Waals surface area contributed by atoms with E-state index < -0.39 is 0 Å². The molecule has 2 aliphatic rings. The zero-order valence-corrected chi connectivity index (χ0v) is 16.0. The third-order valence-electron chi connectivity index (χ3n) is 6.13. The maximum Gasteiger partial charge on any atom is 0.257 e. The number of likely N-dealkylation sites (tertiary alicyclic amines) is 1. The van der Waals surface area contributed by atoms with Crippen LogP contribution in [0.3, 0.4) is 0 Å². The first kappa shape index (κ1) is 17.9. The number of carbonyl (C=O) groups is 1. The van der Waals surface area contributed by atoms with Crippen molar-refractivity contribution in [3.63, 3.8) is 0 Å². The zero-order valence-electron chi connectivity index (χ0n) is 16.0. The molecule has 1 amide bonds. The van der Waals surface area contributed by atoms with Crippen LogP contribution in [0, 0.1) is 32.1 Å². The highest BCUT2D eigenvalue weighted by atomic mass is 16.3. The summed E-state index contributed by atoms with van der Waals surface area (Å²) in [5.74, 6) is 0.212. The predicted octanol–water partition coefficient (Wildman–Crippen LogP) is 1.37. The minimum atomic E-state index is -0.289. The van der Waals surface area contributed by atoms with Crippen LogP contribution in [-0.2, 0) is 0 Å². The highest BCUT2D eigenvalue weighted by Gasteiger charge is 2.53. The lowest BCUT2D eigenvalue weighted by molar-refractivity contribution is 0.0745. The Balaban J connectivity index is 1.57. The second kappa shape index (κ2) is 6.56. The molecule has 2 atom stereocenters. The second-order valence-electron chi connectivity index (χ2n) is 7.87. The minimum absolute atomic E-state index is 0.0283. The van der Waals surface area contributed by atoms with Crippen molar-refractivity contribution in [1.29, 1.82) is 0 Å². The topological polar surface area (TPSA) is 82.5 Å². The van der Waals surface area contributed by atoms with Crippen LogP contribution in [0.4, 0.5) is 5.69 Å². The van der Waals surface area contributed by atoms with E-state index in [1.165, 1.54) is 6.33 Å². The molecular formula is C20H25N5O2. The van der Waals surface area contributed by atoms with Crippen molar-refractivity contribution in [3.8, 4) is 0 Å². The molecular weight excluding hydrogens is 342 g/mol. The molecule has 142 valence electrons. The molecule has 0 saturated carbocycles. The SMILES string of the molecule is Cc1cnccc1N1CC2CN(C(=O)c3c(C)ncnc3C)CC2(CO)C1. The summed E-state index contributed by atoms with van der Waals surface area (Å²) in [6.45, 7) is 8.59. The molecule has 0 spiro atoms. The molecule has 1 N–H and O–H groups in total. The van der Waals surface area contributed by atoms with Crippen molar-refractivity contribution in [1.82, 2.24) is 19.9 Å². The van der Waals surface area contributed by atoms with Gasteiger partial charge in [0.15, 0.2) is 0 Å². The number of amides is 1. The van der Waals surface area contributed by atoms with Gasteiger partial charge in [-0.1, -0.05) is 0 Å². The van der Waals surface area contributed by atoms with E-state index in [1.54, 1.807) is 6.20 Å². The first-order valence-electron chi connectivity index (χ1n) is 9.29. The fourth-order valence-electron chi connectivity index (χ4n) is 4.62. The summed E-state index contributed by atoms with van der Waals surface area (Å²) in [5.41, 5.74) is 4.00. The lowest BCUT2D eigenvalue weighted by atomic mass is 9.82. The van der Waals surface area contributed by atoms with Crippen molar-refractivity contribution in [2.45, 2.75) is 20.8 Å². The number of rotatable bonds is 3. The first-order valence-corrected chi connectivity index (χ1v) is 9.29. The average Bonchev–Trinajstić information content (AvgIpc) is 3.16. The summed E-state index contributed by atoms with van der Waals surface area (Å²) in [4.78, 5) is 29.9. The first-order chi connectivity index (χ1) is 12.9. The van der Waals surface area contributed by atoms with Crippen molar-refractivity contribution in [3.05, 3.63) is 47.3 Å². The van der Waals surface area contributed by atoms with Crippen molar-refractivity contribution < 1.29 is 9.90 Å². The Morgan fingerprint density at radius 1 is 1.22 bits per heavy atom. The molecule has 2 unspecified atom stereocenters. The van der Waals surface area contributed by atoms with Gasteiger partial charge in [-0.15, -0.1) is 0 Å². The number of hydrogen-bond acceptors (Lipinski definition) is 6. The van der Waals surface area contributed by atoms with Gasteiger partial charge < -0.3 is 14.9 Å². The smallest absolute Gasteiger partial charge is 0.257 e. The fraction of sp³-hybridized carbons (Fsp3) is 0.500. The quantitative estimate of drug-likeness (QED) is 0.882. The molecule has 0 aliphatic carbocycles. The summed E-state index contributed by atoms with van der Waals surface area (Å²) >= 11 is 0. The molecule has 2 aromatic rings. The Kier molecular flexibility index (Phi) is 4.34. The predicted molar refractivity (Wildman–Crippen MR) is 102 cm³/mol. The van der Waals surface area contributed by atoms with Crippen LogP contribution in [0.2, 0.25) is 0 Å². The number of aliphatic hydroxyl groups is 1. The Bertz CT molecular complexity index is 866. The summed E-state index contributed by atoms with van der Waals surface area (Å²) in [6, 6.07) is 2.03. The molecule has 4 rings (SSSR count). The number of aryl methyl sites for hydroxylation is 3. The van der Waals surface area contributed by atoms with Crippen LogP contribution < -0.4 is 4.90 Å². The zero-order chi connectivity index (χ0) is 19.2. The maximum absolute atomic E-state index is 13.1. The summed E-state index contributed by atoms with van der Waals surface area (Å²) in [7, 11) is 0. The highest BCUT2D eigenvalue weighted by molar-refractivity contribution is 5.96. The van der Waals surface area contributed by atoms with Crippen LogP contribution in [0.15, 0.2) is 24.8 Å². The van der Waals surface area contributed by atoms with E-state index in [9.17, 15) is 9.90 Å². The molecule has 27 heavy (non-hydrogen) atoms. The Hall–Kier alpha value is -2.54. The molecule has 4 heterocycles. The molecule has 7 nitrogen and oxygen atoms in total. The van der Waals surface area contributed by atoms with Crippen molar-refractivity contribution in [2.24, 2.45) is 11.3 Å². The van der Waals surface area contributed by atoms with Gasteiger partial charge in [-0.2, -0.15) is 0 Å². The lowest BCUT2D eigenvalue weighted by Crippen LogP contribution is -2.39. The molecule has 0 radical (unpaired) electrons. The highest BCUT2D eigenvalue weighted by Crippen LogP contribution is 2.44. The van der Waals surface area contributed by atoms with Crippen molar-refractivity contribution in [2.75, 3.05) is 37.7 Å². The molecule has 2 aliphatic heterocycles. The fourth-order valence-corrected chi connectivity index (χ4v) is 4.62. The van der Waals surface area contributed by atoms with E-state index in [1.807, 2.05) is 31.0 Å². The molecule has 0 bridgehead atoms. The third kappa shape index (κ3) is 2.86. The summed E-state index contributed by atoms with van der Waals surface area (Å²) in [6.07, 6.45) is 5.16. The third-order valence-corrected chi connectivity index (χ3v) is 6.13. The number of aromatic nitrogens is 3. The van der Waals surface area contributed by atoms with Gasteiger partial charge in [0.1, 0.15) is 6.33 Å². The van der Waals surface area contributed by atoms with E-state index >= 15 is 0 Å². The van der Waals surface area contributed by atoms with Crippen LogP contribution in [0.1, 0.15) is 27.3 Å². The van der Waals surface area contributed by atoms with E-state index in [-0.39, 0.29) is 23.8 Å². The van der Waals surface area contributed by atoms with Gasteiger partial charge in [-0.3, -0.25) is 9.78 Å². The van der Waals surface area contributed by atoms with E-state index in [0.717, 1.165) is 24.3 Å². The Labute approximate surface area is 159 Å².